The Morgan fingerprint density at radius 2 is 2.00 bits per heavy atom. The second-order valence-electron chi connectivity index (χ2n) is 10.2. The highest BCUT2D eigenvalue weighted by Gasteiger charge is 2.77. The number of fused-ring (bicyclic) bond motifs is 1. The van der Waals surface area contributed by atoms with Crippen molar-refractivity contribution >= 4 is 29.5 Å². The summed E-state index contributed by atoms with van der Waals surface area (Å²) in [5, 5.41) is 9.31. The summed E-state index contributed by atoms with van der Waals surface area (Å²) in [6.45, 7) is 13.5. The molecule has 0 aromatic rings. The van der Waals surface area contributed by atoms with E-state index in [1.807, 2.05) is 4.90 Å². The quantitative estimate of drug-likeness (QED) is 0.208. The van der Waals surface area contributed by atoms with Crippen molar-refractivity contribution in [3.63, 3.8) is 0 Å². The van der Waals surface area contributed by atoms with Gasteiger partial charge in [-0.25, -0.2) is 0 Å². The average Bonchev–Trinajstić information content (AvgIpc) is 3.39. The Kier molecular flexibility index (Phi) is 9.49. The molecule has 2 unspecified atom stereocenters. The third-order valence-corrected chi connectivity index (χ3v) is 9.82. The molecule has 8 heteroatoms. The van der Waals surface area contributed by atoms with Crippen LogP contribution in [0.4, 0.5) is 0 Å². The zero-order valence-electron chi connectivity index (χ0n) is 21.4. The molecule has 7 nitrogen and oxygen atoms in total. The molecule has 0 aliphatic carbocycles. The van der Waals surface area contributed by atoms with E-state index in [9.17, 15) is 19.5 Å². The molecule has 1 spiro atoms. The third kappa shape index (κ3) is 5.19. The molecule has 3 heterocycles. The molecule has 3 aliphatic rings. The molecule has 0 aromatic carbocycles. The number of esters is 1. The monoisotopic (exact) mass is 506 g/mol. The summed E-state index contributed by atoms with van der Waals surface area (Å²) in [6, 6.07) is -0.613. The largest absolute Gasteiger partial charge is 0.465 e. The number of aliphatic hydroxyl groups is 1. The Hall–Kier alpha value is -1.80. The summed E-state index contributed by atoms with van der Waals surface area (Å²) in [5.41, 5.74) is 0. The summed E-state index contributed by atoms with van der Waals surface area (Å²) in [6.07, 6.45) is 9.68. The molecular weight excluding hydrogens is 464 g/mol. The van der Waals surface area contributed by atoms with Crippen molar-refractivity contribution in [1.29, 1.82) is 0 Å². The zero-order chi connectivity index (χ0) is 25.6. The SMILES string of the molecule is C=CCCOC(=O)[C@@H]1[C@H]2C(=O)N(CCCCO)C(C(=O)N(CC=C)CCCCC)C23CC[C@@]1(C)S3. The fourth-order valence-corrected chi connectivity index (χ4v) is 8.54. The standard InChI is InChI=1S/C27H42N2O5S/c1-5-8-10-16-28(15-7-3)24(32)22-27-14-13-26(4,35-27)21(25(33)34-19-9-6-2)20(27)23(31)29(22)17-11-12-18-30/h6-7,20-22,30H,2-3,5,8-19H2,1,4H3/t20-,21-,22?,26+,27?/m0/s1. The lowest BCUT2D eigenvalue weighted by Crippen LogP contribution is -2.55. The summed E-state index contributed by atoms with van der Waals surface area (Å²) in [7, 11) is 0. The Balaban J connectivity index is 1.96. The molecule has 196 valence electrons. The van der Waals surface area contributed by atoms with Gasteiger partial charge in [-0.1, -0.05) is 31.9 Å². The van der Waals surface area contributed by atoms with Gasteiger partial charge in [0.25, 0.3) is 0 Å². The van der Waals surface area contributed by atoms with Gasteiger partial charge >= 0.3 is 5.97 Å². The van der Waals surface area contributed by atoms with Crippen LogP contribution in [0.1, 0.15) is 65.2 Å². The minimum Gasteiger partial charge on any atom is -0.465 e. The van der Waals surface area contributed by atoms with Crippen molar-refractivity contribution in [1.82, 2.24) is 9.80 Å². The van der Waals surface area contributed by atoms with E-state index in [1.54, 1.807) is 28.8 Å². The third-order valence-electron chi connectivity index (χ3n) is 7.83. The Morgan fingerprint density at radius 1 is 1.23 bits per heavy atom. The first-order chi connectivity index (χ1) is 16.8. The summed E-state index contributed by atoms with van der Waals surface area (Å²) in [5.74, 6) is -1.62. The van der Waals surface area contributed by atoms with E-state index in [1.165, 1.54) is 0 Å². The molecule has 3 rings (SSSR count). The average molecular weight is 507 g/mol. The number of thioether (sulfide) groups is 1. The van der Waals surface area contributed by atoms with Gasteiger partial charge in [-0.05, 0) is 45.4 Å². The first kappa shape index (κ1) is 27.8. The fraction of sp³-hybridized carbons (Fsp3) is 0.741. The van der Waals surface area contributed by atoms with Gasteiger partial charge in [-0.3, -0.25) is 14.4 Å². The summed E-state index contributed by atoms with van der Waals surface area (Å²) >= 11 is 1.67. The van der Waals surface area contributed by atoms with Crippen LogP contribution in [0.25, 0.3) is 0 Å². The van der Waals surface area contributed by atoms with E-state index >= 15 is 0 Å². The maximum absolute atomic E-state index is 14.1. The van der Waals surface area contributed by atoms with Gasteiger partial charge in [0.15, 0.2) is 0 Å². The van der Waals surface area contributed by atoms with Crippen LogP contribution >= 0.6 is 11.8 Å². The number of aliphatic hydroxyl groups excluding tert-OH is 1. The van der Waals surface area contributed by atoms with E-state index in [4.69, 9.17) is 4.74 Å². The number of ether oxygens (including phenoxy) is 1. The number of hydrogen-bond donors (Lipinski definition) is 1. The van der Waals surface area contributed by atoms with Crippen LogP contribution in [-0.4, -0.2) is 81.1 Å². The van der Waals surface area contributed by atoms with Crippen LogP contribution in [-0.2, 0) is 19.1 Å². The van der Waals surface area contributed by atoms with Gasteiger partial charge < -0.3 is 19.6 Å². The second-order valence-corrected chi connectivity index (χ2v) is 12.1. The molecule has 2 bridgehead atoms. The Labute approximate surface area is 214 Å². The van der Waals surface area contributed by atoms with Gasteiger partial charge in [0, 0.05) is 31.0 Å². The van der Waals surface area contributed by atoms with Gasteiger partial charge in [0.05, 0.1) is 23.2 Å². The van der Waals surface area contributed by atoms with Crippen LogP contribution < -0.4 is 0 Å². The lowest BCUT2D eigenvalue weighted by atomic mass is 9.66. The molecule has 35 heavy (non-hydrogen) atoms. The first-order valence-corrected chi connectivity index (χ1v) is 13.9. The van der Waals surface area contributed by atoms with E-state index in [2.05, 4.69) is 27.0 Å². The zero-order valence-corrected chi connectivity index (χ0v) is 22.2. The Bertz CT molecular complexity index is 819. The predicted octanol–water partition coefficient (Wildman–Crippen LogP) is 3.56. The number of amides is 2. The molecule has 1 N–H and O–H groups in total. The molecule has 3 saturated heterocycles. The molecular formula is C27H42N2O5S. The van der Waals surface area contributed by atoms with Crippen molar-refractivity contribution in [2.75, 3.05) is 32.8 Å². The van der Waals surface area contributed by atoms with Gasteiger partial charge in [0.2, 0.25) is 11.8 Å². The smallest absolute Gasteiger partial charge is 0.311 e. The minimum absolute atomic E-state index is 0.0416. The lowest BCUT2D eigenvalue weighted by Gasteiger charge is -2.37. The number of carbonyl (C=O) groups excluding carboxylic acids is 3. The first-order valence-electron chi connectivity index (χ1n) is 13.1. The van der Waals surface area contributed by atoms with Crippen LogP contribution in [0.3, 0.4) is 0 Å². The highest BCUT2D eigenvalue weighted by atomic mass is 32.2. The van der Waals surface area contributed by atoms with Crippen LogP contribution in [0.5, 0.6) is 0 Å². The summed E-state index contributed by atoms with van der Waals surface area (Å²) < 4.78 is 4.53. The molecule has 3 fully saturated rings. The van der Waals surface area contributed by atoms with Gasteiger partial charge in [-0.15, -0.1) is 24.9 Å². The summed E-state index contributed by atoms with van der Waals surface area (Å²) in [4.78, 5) is 44.9. The molecule has 2 amide bonds. The van der Waals surface area contributed by atoms with Gasteiger partial charge in [0.1, 0.15) is 6.04 Å². The van der Waals surface area contributed by atoms with Crippen molar-refractivity contribution in [2.24, 2.45) is 11.8 Å². The molecule has 0 aromatic heterocycles. The number of carbonyl (C=O) groups is 3. The number of unbranched alkanes of at least 4 members (excludes halogenated alkanes) is 3. The van der Waals surface area contributed by atoms with Crippen molar-refractivity contribution in [2.45, 2.75) is 80.7 Å². The van der Waals surface area contributed by atoms with Crippen molar-refractivity contribution < 1.29 is 24.2 Å². The Morgan fingerprint density at radius 3 is 2.66 bits per heavy atom. The lowest BCUT2D eigenvalue weighted by molar-refractivity contribution is -0.155. The normalized spacial score (nSPS) is 30.9. The van der Waals surface area contributed by atoms with Crippen LogP contribution in [0.15, 0.2) is 25.3 Å². The predicted molar refractivity (Wildman–Crippen MR) is 139 cm³/mol. The highest BCUT2D eigenvalue weighted by molar-refractivity contribution is 8.02. The maximum Gasteiger partial charge on any atom is 0.311 e. The van der Waals surface area contributed by atoms with Crippen molar-refractivity contribution in [3.8, 4) is 0 Å². The number of hydrogen-bond acceptors (Lipinski definition) is 6. The molecule has 0 saturated carbocycles. The molecule has 5 atom stereocenters. The van der Waals surface area contributed by atoms with Crippen LogP contribution in [0.2, 0.25) is 0 Å². The van der Waals surface area contributed by atoms with E-state index in [0.717, 1.165) is 32.1 Å². The second kappa shape index (κ2) is 12.0. The number of rotatable bonds is 15. The topological polar surface area (TPSA) is 87.1 Å². The minimum atomic E-state index is -0.631. The molecule has 3 aliphatic heterocycles. The van der Waals surface area contributed by atoms with E-state index < -0.39 is 27.4 Å². The van der Waals surface area contributed by atoms with Gasteiger partial charge in [-0.2, -0.15) is 0 Å². The number of likely N-dealkylation sites (tertiary alicyclic amines) is 1. The molecule has 0 radical (unpaired) electrons. The maximum atomic E-state index is 14.1. The highest BCUT2D eigenvalue weighted by Crippen LogP contribution is 2.71. The van der Waals surface area contributed by atoms with Crippen LogP contribution in [0, 0.1) is 11.8 Å². The van der Waals surface area contributed by atoms with Crippen molar-refractivity contribution in [3.05, 3.63) is 25.3 Å². The number of nitrogens with zero attached hydrogens (tertiary/aromatic N) is 2. The fourth-order valence-electron chi connectivity index (χ4n) is 6.20. The van der Waals surface area contributed by atoms with E-state index in [0.29, 0.717) is 38.9 Å². The van der Waals surface area contributed by atoms with E-state index in [-0.39, 0.29) is 31.0 Å².